The van der Waals surface area contributed by atoms with Crippen molar-refractivity contribution in [1.82, 2.24) is 15.1 Å². The molecule has 5 atom stereocenters. The first kappa shape index (κ1) is 28.4. The smallest absolute Gasteiger partial charge is 0.311 e. The summed E-state index contributed by atoms with van der Waals surface area (Å²) in [5, 5.41) is 7.37. The van der Waals surface area contributed by atoms with Gasteiger partial charge < -0.3 is 10.1 Å². The van der Waals surface area contributed by atoms with Crippen molar-refractivity contribution in [1.29, 1.82) is 0 Å². The standard InChI is InChI=1S/C30H30F3N3O5S/c1-2-41-30(38)25-17-6-7-18(12-17)26(25)34-29(37)27-22-15-42(39,40)14-19(10-16-4-3-5-20(31)11-16)28(22)36(35-27)24-9-8-21(32)13-23(24)33/h3-5,8-9,11,13,17-19,25-26H,2,6-7,10,12,14-15H2,1H3,(H,34,37)/t17?,18?,19-,25+,26-/m0/s1. The van der Waals surface area contributed by atoms with Crippen molar-refractivity contribution >= 4 is 21.7 Å². The Labute approximate surface area is 241 Å². The number of nitrogens with one attached hydrogen (secondary N) is 1. The number of esters is 1. The maximum atomic E-state index is 15.1. The lowest BCUT2D eigenvalue weighted by molar-refractivity contribution is -0.150. The summed E-state index contributed by atoms with van der Waals surface area (Å²) in [7, 11) is -3.74. The molecule has 2 unspecified atom stereocenters. The average Bonchev–Trinajstić information content (AvgIpc) is 3.62. The van der Waals surface area contributed by atoms with Gasteiger partial charge in [-0.25, -0.2) is 26.3 Å². The zero-order chi connectivity index (χ0) is 29.8. The first-order valence-electron chi connectivity index (χ1n) is 14.0. The van der Waals surface area contributed by atoms with Gasteiger partial charge in [-0.2, -0.15) is 5.10 Å². The number of carbonyl (C=O) groups excluding carboxylic acids is 2. The Morgan fingerprint density at radius 1 is 1.07 bits per heavy atom. The van der Waals surface area contributed by atoms with E-state index in [1.807, 2.05) is 0 Å². The molecule has 0 radical (unpaired) electrons. The largest absolute Gasteiger partial charge is 0.466 e. The lowest BCUT2D eigenvalue weighted by atomic mass is 9.84. The van der Waals surface area contributed by atoms with Crippen LogP contribution in [0.25, 0.3) is 5.69 Å². The number of nitrogens with zero attached hydrogens (tertiary/aromatic N) is 2. The van der Waals surface area contributed by atoms with Crippen molar-refractivity contribution in [3.05, 3.63) is 82.4 Å². The number of sulfone groups is 1. The molecule has 8 nitrogen and oxygen atoms in total. The Kier molecular flexibility index (Phi) is 7.36. The summed E-state index contributed by atoms with van der Waals surface area (Å²) >= 11 is 0. The van der Waals surface area contributed by atoms with Crippen LogP contribution in [-0.2, 0) is 31.5 Å². The highest BCUT2D eigenvalue weighted by molar-refractivity contribution is 7.90. The number of ether oxygens (including phenoxy) is 1. The van der Waals surface area contributed by atoms with Crippen LogP contribution in [0.15, 0.2) is 42.5 Å². The predicted octanol–water partition coefficient (Wildman–Crippen LogP) is 4.25. The highest BCUT2D eigenvalue weighted by Crippen LogP contribution is 2.49. The van der Waals surface area contributed by atoms with Crippen molar-refractivity contribution in [2.24, 2.45) is 17.8 Å². The maximum Gasteiger partial charge on any atom is 0.311 e. The molecule has 2 bridgehead atoms. The molecule has 12 heteroatoms. The summed E-state index contributed by atoms with van der Waals surface area (Å²) in [6.45, 7) is 1.92. The second-order valence-electron chi connectivity index (χ2n) is 11.4. The molecular formula is C30H30F3N3O5S. The van der Waals surface area contributed by atoms with Crippen LogP contribution >= 0.6 is 0 Å². The Bertz CT molecular complexity index is 1670. The van der Waals surface area contributed by atoms with Crippen LogP contribution in [0.5, 0.6) is 0 Å². The number of carbonyl (C=O) groups is 2. The molecule has 2 fully saturated rings. The minimum atomic E-state index is -3.74. The fourth-order valence-corrected chi connectivity index (χ4v) is 8.84. The number of hydrogen-bond acceptors (Lipinski definition) is 6. The van der Waals surface area contributed by atoms with Crippen LogP contribution in [0.4, 0.5) is 13.2 Å². The molecule has 1 N–H and O–H groups in total. The zero-order valence-corrected chi connectivity index (χ0v) is 23.7. The van der Waals surface area contributed by atoms with E-state index in [0.29, 0.717) is 17.3 Å². The Morgan fingerprint density at radius 3 is 2.57 bits per heavy atom. The number of aromatic nitrogens is 2. The van der Waals surface area contributed by atoms with Gasteiger partial charge in [-0.1, -0.05) is 12.1 Å². The third-order valence-corrected chi connectivity index (χ3v) is 10.4. The van der Waals surface area contributed by atoms with E-state index in [0.717, 1.165) is 25.3 Å². The highest BCUT2D eigenvalue weighted by Gasteiger charge is 2.52. The molecule has 2 aromatic carbocycles. The van der Waals surface area contributed by atoms with Crippen molar-refractivity contribution in [2.75, 3.05) is 12.4 Å². The van der Waals surface area contributed by atoms with Gasteiger partial charge in [0.05, 0.1) is 29.7 Å². The molecule has 2 heterocycles. The minimum Gasteiger partial charge on any atom is -0.466 e. The summed E-state index contributed by atoms with van der Waals surface area (Å²) in [6, 6.07) is 8.12. The molecule has 6 rings (SSSR count). The second kappa shape index (κ2) is 10.9. The summed E-state index contributed by atoms with van der Waals surface area (Å²) in [5.41, 5.74) is 0.561. The highest BCUT2D eigenvalue weighted by atomic mass is 32.2. The first-order chi connectivity index (χ1) is 20.0. The number of benzene rings is 2. The van der Waals surface area contributed by atoms with E-state index in [2.05, 4.69) is 10.4 Å². The van der Waals surface area contributed by atoms with Crippen molar-refractivity contribution in [2.45, 2.75) is 50.3 Å². The Hall–Kier alpha value is -3.67. The molecule has 42 heavy (non-hydrogen) atoms. The third kappa shape index (κ3) is 5.21. The van der Waals surface area contributed by atoms with Gasteiger partial charge in [0.25, 0.3) is 5.91 Å². The number of amides is 1. The van der Waals surface area contributed by atoms with Crippen molar-refractivity contribution in [3.63, 3.8) is 0 Å². The molecule has 1 amide bonds. The molecule has 3 aromatic rings. The van der Waals surface area contributed by atoms with E-state index in [9.17, 15) is 26.8 Å². The van der Waals surface area contributed by atoms with Gasteiger partial charge in [-0.15, -0.1) is 0 Å². The van der Waals surface area contributed by atoms with Crippen molar-refractivity contribution in [3.8, 4) is 5.69 Å². The van der Waals surface area contributed by atoms with E-state index in [4.69, 9.17) is 4.74 Å². The lowest BCUT2D eigenvalue weighted by Crippen LogP contribution is -2.47. The maximum absolute atomic E-state index is 15.1. The lowest BCUT2D eigenvalue weighted by Gasteiger charge is -2.30. The van der Waals surface area contributed by atoms with E-state index in [1.165, 1.54) is 28.9 Å². The Balaban J connectivity index is 1.44. The van der Waals surface area contributed by atoms with Crippen LogP contribution in [0.3, 0.4) is 0 Å². The summed E-state index contributed by atoms with van der Waals surface area (Å²) in [6.07, 6.45) is 2.54. The van der Waals surface area contributed by atoms with Crippen LogP contribution in [0.2, 0.25) is 0 Å². The summed E-state index contributed by atoms with van der Waals surface area (Å²) in [5.74, 6) is -5.33. The predicted molar refractivity (Wildman–Crippen MR) is 146 cm³/mol. The quantitative estimate of drug-likeness (QED) is 0.406. The van der Waals surface area contributed by atoms with E-state index < -0.39 is 56.8 Å². The van der Waals surface area contributed by atoms with Gasteiger partial charge in [0, 0.05) is 23.6 Å². The molecular weight excluding hydrogens is 571 g/mol. The fraction of sp³-hybridized carbons (Fsp3) is 0.433. The van der Waals surface area contributed by atoms with Crippen LogP contribution in [0, 0.1) is 35.2 Å². The SMILES string of the molecule is CCOC(=O)[C@@H]1C2CCC(C2)[C@@H]1NC(=O)c1nn(-c2ccc(F)cc2F)c2c1CS(=O)(=O)C[C@@H]2Cc1cccc(F)c1. The van der Waals surface area contributed by atoms with Crippen LogP contribution < -0.4 is 5.32 Å². The molecule has 1 aromatic heterocycles. The summed E-state index contributed by atoms with van der Waals surface area (Å²) in [4.78, 5) is 26.6. The van der Waals surface area contributed by atoms with Gasteiger partial charge in [0.1, 0.15) is 17.3 Å². The summed E-state index contributed by atoms with van der Waals surface area (Å²) < 4.78 is 75.7. The normalized spacial score (nSPS) is 25.7. The number of hydrogen-bond donors (Lipinski definition) is 1. The van der Waals surface area contributed by atoms with Gasteiger partial charge in [0.2, 0.25) is 0 Å². The van der Waals surface area contributed by atoms with E-state index in [-0.39, 0.29) is 53.5 Å². The molecule has 0 spiro atoms. The first-order valence-corrected chi connectivity index (χ1v) is 15.9. The zero-order valence-electron chi connectivity index (χ0n) is 22.9. The number of rotatable bonds is 7. The average molecular weight is 602 g/mol. The molecule has 1 aliphatic heterocycles. The van der Waals surface area contributed by atoms with Crippen molar-refractivity contribution < 1.29 is 35.9 Å². The van der Waals surface area contributed by atoms with Crippen LogP contribution in [0.1, 0.15) is 59.4 Å². The van der Waals surface area contributed by atoms with Gasteiger partial charge in [0.15, 0.2) is 21.3 Å². The van der Waals surface area contributed by atoms with E-state index >= 15 is 4.39 Å². The Morgan fingerprint density at radius 2 is 1.83 bits per heavy atom. The van der Waals surface area contributed by atoms with E-state index in [1.54, 1.807) is 13.0 Å². The molecule has 2 saturated carbocycles. The van der Waals surface area contributed by atoms with Gasteiger partial charge in [-0.3, -0.25) is 9.59 Å². The second-order valence-corrected chi connectivity index (χ2v) is 13.5. The monoisotopic (exact) mass is 601 g/mol. The number of halogens is 3. The molecule has 3 aliphatic rings. The van der Waals surface area contributed by atoms with Gasteiger partial charge >= 0.3 is 5.97 Å². The fourth-order valence-electron chi connectivity index (χ4n) is 7.11. The molecule has 0 saturated heterocycles. The molecule has 2 aliphatic carbocycles. The molecule has 222 valence electrons. The topological polar surface area (TPSA) is 107 Å². The van der Waals surface area contributed by atoms with Crippen LogP contribution in [-0.4, -0.2) is 48.5 Å². The number of fused-ring (bicyclic) bond motifs is 3. The minimum absolute atomic E-state index is 0.0604. The van der Waals surface area contributed by atoms with Gasteiger partial charge in [-0.05, 0) is 74.3 Å². The third-order valence-electron chi connectivity index (χ3n) is 8.73.